The second kappa shape index (κ2) is 12.5. The molecule has 0 unspecified atom stereocenters. The van der Waals surface area contributed by atoms with Crippen LogP contribution in [0.3, 0.4) is 0 Å². The molecule has 0 radical (unpaired) electrons. The molecule has 2 aromatic rings. The van der Waals surface area contributed by atoms with E-state index in [9.17, 15) is 13.2 Å². The number of sulfonamides is 1. The fraction of sp³-hybridized carbons (Fsp3) is 0.435. The SMILES string of the molecule is CCS(=O)(=O)N[C@H](C(=O)NCCc1ccc(OCC#Cc2cccs2)c(OC)c1)C(C)C. The van der Waals surface area contributed by atoms with Gasteiger partial charge in [0.2, 0.25) is 15.9 Å². The van der Waals surface area contributed by atoms with E-state index >= 15 is 0 Å². The minimum Gasteiger partial charge on any atom is -0.493 e. The summed E-state index contributed by atoms with van der Waals surface area (Å²) in [6, 6.07) is 8.67. The van der Waals surface area contributed by atoms with Crippen molar-refractivity contribution in [3.05, 3.63) is 46.2 Å². The molecule has 0 aliphatic heterocycles. The van der Waals surface area contributed by atoms with Crippen LogP contribution in [0.25, 0.3) is 0 Å². The summed E-state index contributed by atoms with van der Waals surface area (Å²) in [5.74, 6) is 6.61. The Morgan fingerprint density at radius 1 is 1.22 bits per heavy atom. The number of benzene rings is 1. The molecule has 7 nitrogen and oxygen atoms in total. The maximum Gasteiger partial charge on any atom is 0.238 e. The predicted molar refractivity (Wildman–Crippen MR) is 128 cm³/mol. The first-order valence-electron chi connectivity index (χ1n) is 10.4. The first-order valence-corrected chi connectivity index (χ1v) is 12.9. The minimum absolute atomic E-state index is 0.0721. The Balaban J connectivity index is 1.90. The highest BCUT2D eigenvalue weighted by atomic mass is 32.2. The molecule has 0 spiro atoms. The van der Waals surface area contributed by atoms with Crippen LogP contribution in [0.15, 0.2) is 35.7 Å². The van der Waals surface area contributed by atoms with Crippen LogP contribution in [0.1, 0.15) is 31.2 Å². The summed E-state index contributed by atoms with van der Waals surface area (Å²) in [5, 5.41) is 4.79. The van der Waals surface area contributed by atoms with Crippen molar-refractivity contribution in [1.82, 2.24) is 10.0 Å². The molecule has 0 aliphatic rings. The zero-order valence-corrected chi connectivity index (χ0v) is 20.4. The molecule has 174 valence electrons. The second-order valence-electron chi connectivity index (χ2n) is 7.34. The highest BCUT2D eigenvalue weighted by Crippen LogP contribution is 2.28. The van der Waals surface area contributed by atoms with Crippen molar-refractivity contribution in [2.24, 2.45) is 5.92 Å². The van der Waals surface area contributed by atoms with Crippen LogP contribution in [-0.4, -0.2) is 46.4 Å². The van der Waals surface area contributed by atoms with E-state index in [0.29, 0.717) is 24.5 Å². The van der Waals surface area contributed by atoms with Crippen LogP contribution in [0.2, 0.25) is 0 Å². The molecule has 0 fully saturated rings. The normalized spacial score (nSPS) is 12.0. The number of ether oxygens (including phenoxy) is 2. The Morgan fingerprint density at radius 3 is 2.62 bits per heavy atom. The van der Waals surface area contributed by atoms with Crippen LogP contribution in [-0.2, 0) is 21.2 Å². The van der Waals surface area contributed by atoms with E-state index in [0.717, 1.165) is 10.4 Å². The zero-order chi connectivity index (χ0) is 23.6. The van der Waals surface area contributed by atoms with Gasteiger partial charge in [-0.15, -0.1) is 11.3 Å². The van der Waals surface area contributed by atoms with Gasteiger partial charge in [0.05, 0.1) is 17.7 Å². The molecule has 9 heteroatoms. The Bertz CT molecular complexity index is 1040. The molecule has 1 amide bonds. The molecule has 1 aromatic carbocycles. The van der Waals surface area contributed by atoms with Crippen molar-refractivity contribution >= 4 is 27.3 Å². The van der Waals surface area contributed by atoms with E-state index in [1.807, 2.05) is 35.7 Å². The molecule has 0 saturated carbocycles. The van der Waals surface area contributed by atoms with Gasteiger partial charge in [-0.05, 0) is 48.4 Å². The van der Waals surface area contributed by atoms with Crippen molar-refractivity contribution in [2.75, 3.05) is 26.0 Å². The van der Waals surface area contributed by atoms with Gasteiger partial charge in [0.25, 0.3) is 0 Å². The average molecular weight is 479 g/mol. The predicted octanol–water partition coefficient (Wildman–Crippen LogP) is 2.81. The Hall–Kier alpha value is -2.54. The summed E-state index contributed by atoms with van der Waals surface area (Å²) in [4.78, 5) is 13.5. The molecule has 1 aromatic heterocycles. The molecule has 1 heterocycles. The molecule has 1 atom stereocenters. The van der Waals surface area contributed by atoms with Gasteiger partial charge in [0.1, 0.15) is 12.6 Å². The highest BCUT2D eigenvalue weighted by molar-refractivity contribution is 7.89. The van der Waals surface area contributed by atoms with E-state index in [-0.39, 0.29) is 24.2 Å². The molecule has 0 aliphatic carbocycles. The number of methoxy groups -OCH3 is 1. The largest absolute Gasteiger partial charge is 0.493 e. The lowest BCUT2D eigenvalue weighted by Gasteiger charge is -2.21. The maximum atomic E-state index is 12.5. The van der Waals surface area contributed by atoms with Crippen molar-refractivity contribution in [3.63, 3.8) is 0 Å². The number of rotatable bonds is 11. The summed E-state index contributed by atoms with van der Waals surface area (Å²) >= 11 is 1.58. The van der Waals surface area contributed by atoms with Gasteiger partial charge >= 0.3 is 0 Å². The second-order valence-corrected chi connectivity index (χ2v) is 10.3. The third-order valence-electron chi connectivity index (χ3n) is 4.61. The number of hydrogen-bond acceptors (Lipinski definition) is 6. The quantitative estimate of drug-likeness (QED) is 0.485. The smallest absolute Gasteiger partial charge is 0.238 e. The summed E-state index contributed by atoms with van der Waals surface area (Å²) in [5.41, 5.74) is 0.953. The monoisotopic (exact) mass is 478 g/mol. The van der Waals surface area contributed by atoms with Gasteiger partial charge in [-0.3, -0.25) is 4.79 Å². The lowest BCUT2D eigenvalue weighted by atomic mass is 10.0. The van der Waals surface area contributed by atoms with E-state index in [1.165, 1.54) is 6.92 Å². The fourth-order valence-electron chi connectivity index (χ4n) is 2.78. The van der Waals surface area contributed by atoms with Gasteiger partial charge in [-0.25, -0.2) is 13.1 Å². The van der Waals surface area contributed by atoms with Crippen LogP contribution >= 0.6 is 11.3 Å². The van der Waals surface area contributed by atoms with E-state index in [1.54, 1.807) is 32.3 Å². The van der Waals surface area contributed by atoms with E-state index in [2.05, 4.69) is 21.9 Å². The molecular weight excluding hydrogens is 448 g/mol. The van der Waals surface area contributed by atoms with Crippen LogP contribution in [0.4, 0.5) is 0 Å². The standard InChI is InChI=1S/C23H30N2O5S2/c1-5-32(27,28)25-22(17(2)3)23(26)24-13-12-18-10-11-20(21(16-18)29-4)30-14-6-8-19-9-7-15-31-19/h7,9-11,15-17,22,25H,5,12-14H2,1-4H3,(H,24,26)/t22-/m0/s1. The molecule has 0 bridgehead atoms. The molecule has 2 rings (SSSR count). The third-order valence-corrected chi connectivity index (χ3v) is 6.77. The first kappa shape index (κ1) is 25.7. The molecule has 0 saturated heterocycles. The van der Waals surface area contributed by atoms with Crippen molar-refractivity contribution in [3.8, 4) is 23.3 Å². The lowest BCUT2D eigenvalue weighted by Crippen LogP contribution is -2.50. The highest BCUT2D eigenvalue weighted by Gasteiger charge is 2.26. The van der Waals surface area contributed by atoms with E-state index < -0.39 is 16.1 Å². The summed E-state index contributed by atoms with van der Waals surface area (Å²) < 4.78 is 37.3. The minimum atomic E-state index is -3.47. The van der Waals surface area contributed by atoms with Gasteiger partial charge < -0.3 is 14.8 Å². The van der Waals surface area contributed by atoms with Crippen LogP contribution in [0.5, 0.6) is 11.5 Å². The third kappa shape index (κ3) is 8.19. The number of carbonyl (C=O) groups is 1. The van der Waals surface area contributed by atoms with Crippen LogP contribution in [0, 0.1) is 17.8 Å². The average Bonchev–Trinajstić information content (AvgIpc) is 3.29. The van der Waals surface area contributed by atoms with Crippen LogP contribution < -0.4 is 19.5 Å². The molecule has 2 N–H and O–H groups in total. The lowest BCUT2D eigenvalue weighted by molar-refractivity contribution is -0.123. The number of thiophene rings is 1. The maximum absolute atomic E-state index is 12.5. The van der Waals surface area contributed by atoms with Crippen molar-refractivity contribution < 1.29 is 22.7 Å². The van der Waals surface area contributed by atoms with Gasteiger partial charge in [-0.1, -0.05) is 37.8 Å². The van der Waals surface area contributed by atoms with Gasteiger partial charge in [-0.2, -0.15) is 0 Å². The van der Waals surface area contributed by atoms with Crippen molar-refractivity contribution in [2.45, 2.75) is 33.2 Å². The van der Waals surface area contributed by atoms with Gasteiger partial charge in [0.15, 0.2) is 11.5 Å². The van der Waals surface area contributed by atoms with Gasteiger partial charge in [0, 0.05) is 6.54 Å². The Morgan fingerprint density at radius 2 is 2.00 bits per heavy atom. The summed E-state index contributed by atoms with van der Waals surface area (Å²) in [6.45, 7) is 5.75. The number of carbonyl (C=O) groups excluding carboxylic acids is 1. The summed E-state index contributed by atoms with van der Waals surface area (Å²) in [6.07, 6.45) is 0.561. The fourth-order valence-corrected chi connectivity index (χ4v) is 4.31. The molecule has 32 heavy (non-hydrogen) atoms. The Kier molecular flexibility index (Phi) is 10.0. The number of amides is 1. The molecular formula is C23H30N2O5S2. The topological polar surface area (TPSA) is 93.7 Å². The van der Waals surface area contributed by atoms with E-state index in [4.69, 9.17) is 9.47 Å². The number of hydrogen-bond donors (Lipinski definition) is 2. The zero-order valence-electron chi connectivity index (χ0n) is 18.8. The van der Waals surface area contributed by atoms with Crippen molar-refractivity contribution in [1.29, 1.82) is 0 Å². The Labute approximate surface area is 194 Å². The number of nitrogens with one attached hydrogen (secondary N) is 2. The first-order chi connectivity index (χ1) is 15.3. The summed E-state index contributed by atoms with van der Waals surface area (Å²) in [7, 11) is -1.91.